The summed E-state index contributed by atoms with van der Waals surface area (Å²) in [4.78, 5) is 12.4. The van der Waals surface area contributed by atoms with Gasteiger partial charge in [-0.05, 0) is 42.5 Å². The van der Waals surface area contributed by atoms with Gasteiger partial charge in [0.05, 0.1) is 12.7 Å². The highest BCUT2D eigenvalue weighted by atomic mass is 16.5. The van der Waals surface area contributed by atoms with E-state index in [-0.39, 0.29) is 18.6 Å². The summed E-state index contributed by atoms with van der Waals surface area (Å²) in [5.74, 6) is 0.550. The van der Waals surface area contributed by atoms with Gasteiger partial charge in [-0.3, -0.25) is 4.79 Å². The Kier molecular flexibility index (Phi) is 7.33. The van der Waals surface area contributed by atoms with Crippen molar-refractivity contribution in [1.29, 1.82) is 0 Å². The second-order valence-corrected chi connectivity index (χ2v) is 8.30. The minimum absolute atomic E-state index is 0.0115. The molecular weight excluding hydrogens is 400 g/mol. The molecule has 6 heteroatoms. The van der Waals surface area contributed by atoms with Crippen molar-refractivity contribution in [2.75, 3.05) is 6.61 Å². The molecule has 0 saturated heterocycles. The number of carbonyl (C=O) groups is 1. The maximum Gasteiger partial charge on any atom is 0.258 e. The number of nitrogens with zero attached hydrogens (tertiary/aromatic N) is 3. The minimum atomic E-state index is -0.0780. The molecule has 6 nitrogen and oxygen atoms in total. The first kappa shape index (κ1) is 21.8. The van der Waals surface area contributed by atoms with Gasteiger partial charge in [0.15, 0.2) is 6.61 Å². The van der Waals surface area contributed by atoms with Crippen LogP contribution in [0.5, 0.6) is 5.75 Å². The van der Waals surface area contributed by atoms with Crippen molar-refractivity contribution in [3.05, 3.63) is 78.5 Å². The molecule has 0 radical (unpaired) electrons. The Labute approximate surface area is 189 Å². The fourth-order valence-corrected chi connectivity index (χ4v) is 4.13. The largest absolute Gasteiger partial charge is 0.483 e. The number of ether oxygens (including phenoxy) is 1. The van der Waals surface area contributed by atoms with Crippen LogP contribution in [0.25, 0.3) is 11.3 Å². The lowest BCUT2D eigenvalue weighted by atomic mass is 9.95. The molecule has 0 aliphatic heterocycles. The summed E-state index contributed by atoms with van der Waals surface area (Å²) in [6, 6.07) is 16.3. The molecule has 0 bridgehead atoms. The topological polar surface area (TPSA) is 69.0 Å². The number of aromatic nitrogens is 3. The van der Waals surface area contributed by atoms with Crippen LogP contribution in [0, 0.1) is 0 Å². The highest BCUT2D eigenvalue weighted by molar-refractivity contribution is 5.78. The van der Waals surface area contributed by atoms with Crippen LogP contribution in [0.15, 0.2) is 67.4 Å². The Morgan fingerprint density at radius 2 is 1.94 bits per heavy atom. The average molecular weight is 431 g/mol. The van der Waals surface area contributed by atoms with E-state index in [0.29, 0.717) is 12.3 Å². The molecule has 1 aliphatic rings. The van der Waals surface area contributed by atoms with Gasteiger partial charge in [0.25, 0.3) is 5.91 Å². The molecule has 1 aliphatic carbocycles. The van der Waals surface area contributed by atoms with Crippen molar-refractivity contribution in [2.24, 2.45) is 0 Å². The van der Waals surface area contributed by atoms with E-state index in [1.165, 1.54) is 19.3 Å². The van der Waals surface area contributed by atoms with Gasteiger partial charge in [-0.1, -0.05) is 67.0 Å². The lowest BCUT2D eigenvalue weighted by molar-refractivity contribution is -0.124. The van der Waals surface area contributed by atoms with Crippen molar-refractivity contribution in [3.8, 4) is 17.0 Å². The Morgan fingerprint density at radius 1 is 1.12 bits per heavy atom. The van der Waals surface area contributed by atoms with Crippen molar-refractivity contribution in [3.63, 3.8) is 0 Å². The van der Waals surface area contributed by atoms with Gasteiger partial charge in [-0.2, -0.15) is 0 Å². The molecule has 3 aromatic rings. The third-order valence-corrected chi connectivity index (χ3v) is 5.76. The summed E-state index contributed by atoms with van der Waals surface area (Å²) >= 11 is 0. The number of amides is 1. The van der Waals surface area contributed by atoms with E-state index in [2.05, 4.69) is 34.3 Å². The van der Waals surface area contributed by atoms with E-state index in [4.69, 9.17) is 4.74 Å². The number of nitrogens with one attached hydrogen (secondary N) is 1. The number of allylic oxidation sites excluding steroid dienone is 1. The third-order valence-electron chi connectivity index (χ3n) is 5.76. The van der Waals surface area contributed by atoms with E-state index in [1.807, 2.05) is 53.4 Å². The van der Waals surface area contributed by atoms with E-state index in [1.54, 1.807) is 0 Å². The van der Waals surface area contributed by atoms with Crippen molar-refractivity contribution >= 4 is 5.91 Å². The smallest absolute Gasteiger partial charge is 0.258 e. The summed E-state index contributed by atoms with van der Waals surface area (Å²) in [7, 11) is 0. The molecular formula is C26H30N4O2. The first-order valence-corrected chi connectivity index (χ1v) is 11.3. The molecule has 1 heterocycles. The lowest BCUT2D eigenvalue weighted by Crippen LogP contribution is -2.39. The molecule has 166 valence electrons. The second-order valence-electron chi connectivity index (χ2n) is 8.30. The van der Waals surface area contributed by atoms with Crippen molar-refractivity contribution < 1.29 is 9.53 Å². The standard InChI is InChI=1S/C26H30N4O2/c1-2-9-20-14-15-25(32-19-26(31)27-22-12-7-4-8-13-22)23(16-20)24-18-30(29-28-24)17-21-10-5-3-6-11-21/h2-3,5-6,10-11,14-16,18,22H,1,4,7-9,12-13,17,19H2,(H,27,31). The van der Waals surface area contributed by atoms with Crippen molar-refractivity contribution in [1.82, 2.24) is 20.3 Å². The fraction of sp³-hybridized carbons (Fsp3) is 0.346. The predicted molar refractivity (Wildman–Crippen MR) is 125 cm³/mol. The molecule has 0 spiro atoms. The molecule has 0 unspecified atom stereocenters. The Hall–Kier alpha value is -3.41. The number of benzene rings is 2. The third kappa shape index (κ3) is 5.84. The molecule has 1 aromatic heterocycles. The summed E-state index contributed by atoms with van der Waals surface area (Å²) in [6.45, 7) is 4.46. The van der Waals surface area contributed by atoms with Gasteiger partial charge in [0.2, 0.25) is 0 Å². The quantitative estimate of drug-likeness (QED) is 0.506. The van der Waals surface area contributed by atoms with Gasteiger partial charge in [0, 0.05) is 11.6 Å². The normalized spacial score (nSPS) is 14.1. The van der Waals surface area contributed by atoms with E-state index in [9.17, 15) is 4.79 Å². The van der Waals surface area contributed by atoms with Crippen LogP contribution < -0.4 is 10.1 Å². The fourth-order valence-electron chi connectivity index (χ4n) is 4.13. The van der Waals surface area contributed by atoms with Crippen LogP contribution >= 0.6 is 0 Å². The van der Waals surface area contributed by atoms with Crippen LogP contribution in [0.3, 0.4) is 0 Å². The molecule has 1 amide bonds. The molecule has 32 heavy (non-hydrogen) atoms. The molecule has 2 aromatic carbocycles. The molecule has 0 atom stereocenters. The maximum absolute atomic E-state index is 12.4. The van der Waals surface area contributed by atoms with Crippen LogP contribution in [-0.2, 0) is 17.8 Å². The second kappa shape index (κ2) is 10.8. The van der Waals surface area contributed by atoms with Gasteiger partial charge >= 0.3 is 0 Å². The van der Waals surface area contributed by atoms with Crippen molar-refractivity contribution in [2.45, 2.75) is 51.1 Å². The Morgan fingerprint density at radius 3 is 2.72 bits per heavy atom. The maximum atomic E-state index is 12.4. The number of hydrogen-bond acceptors (Lipinski definition) is 4. The summed E-state index contributed by atoms with van der Waals surface area (Å²) < 4.78 is 7.75. The van der Waals surface area contributed by atoms with Gasteiger partial charge in [0.1, 0.15) is 11.4 Å². The van der Waals surface area contributed by atoms with E-state index < -0.39 is 0 Å². The SMILES string of the molecule is C=CCc1ccc(OCC(=O)NC2CCCCC2)c(-c2cn(Cc3ccccc3)nn2)c1. The van der Waals surface area contributed by atoms with Crippen LogP contribution in [0.4, 0.5) is 0 Å². The number of carbonyl (C=O) groups excluding carboxylic acids is 1. The van der Waals surface area contributed by atoms with Gasteiger partial charge in [-0.25, -0.2) is 4.68 Å². The van der Waals surface area contributed by atoms with E-state index in [0.717, 1.165) is 41.6 Å². The highest BCUT2D eigenvalue weighted by Crippen LogP contribution is 2.30. The van der Waals surface area contributed by atoms with Gasteiger partial charge in [-0.15, -0.1) is 11.7 Å². The number of hydrogen-bond donors (Lipinski definition) is 1. The van der Waals surface area contributed by atoms with Gasteiger partial charge < -0.3 is 10.1 Å². The zero-order valence-electron chi connectivity index (χ0n) is 18.4. The first-order chi connectivity index (χ1) is 15.7. The Bertz CT molecular complexity index is 1040. The predicted octanol–water partition coefficient (Wildman–Crippen LogP) is 4.55. The number of rotatable bonds is 9. The van der Waals surface area contributed by atoms with E-state index >= 15 is 0 Å². The van der Waals surface area contributed by atoms with Crippen LogP contribution in [0.2, 0.25) is 0 Å². The lowest BCUT2D eigenvalue weighted by Gasteiger charge is -2.22. The molecule has 1 N–H and O–H groups in total. The zero-order valence-corrected chi connectivity index (χ0v) is 18.4. The monoisotopic (exact) mass is 430 g/mol. The zero-order chi connectivity index (χ0) is 22.2. The molecule has 4 rings (SSSR count). The average Bonchev–Trinajstić information content (AvgIpc) is 3.28. The molecule has 1 fully saturated rings. The van der Waals surface area contributed by atoms with Crippen LogP contribution in [-0.4, -0.2) is 33.5 Å². The first-order valence-electron chi connectivity index (χ1n) is 11.3. The summed E-state index contributed by atoms with van der Waals surface area (Å²) in [6.07, 6.45) is 10.2. The summed E-state index contributed by atoms with van der Waals surface area (Å²) in [5.41, 5.74) is 3.80. The minimum Gasteiger partial charge on any atom is -0.483 e. The molecule has 1 saturated carbocycles. The summed E-state index contributed by atoms with van der Waals surface area (Å²) in [5, 5.41) is 11.8. The Balaban J connectivity index is 1.48. The highest BCUT2D eigenvalue weighted by Gasteiger charge is 2.17. The van der Waals surface area contributed by atoms with Crippen LogP contribution in [0.1, 0.15) is 43.2 Å².